The smallest absolute Gasteiger partial charge is 0.418 e. The molecule has 2 aromatic carbocycles. The van der Waals surface area contributed by atoms with Crippen molar-refractivity contribution >= 4 is 40.5 Å². The fourth-order valence-corrected chi connectivity index (χ4v) is 2.98. The van der Waals surface area contributed by atoms with Crippen molar-refractivity contribution in [2.24, 2.45) is 0 Å². The molecule has 0 aliphatic carbocycles. The molecule has 3 rings (SSSR count). The average molecular weight is 452 g/mol. The summed E-state index contributed by atoms with van der Waals surface area (Å²) in [6, 6.07) is 11.1. The quantitative estimate of drug-likeness (QED) is 0.458. The maximum absolute atomic E-state index is 13.5. The van der Waals surface area contributed by atoms with E-state index in [4.69, 9.17) is 16.0 Å². The van der Waals surface area contributed by atoms with Gasteiger partial charge in [-0.3, -0.25) is 9.59 Å². The zero-order chi connectivity index (χ0) is 22.6. The van der Waals surface area contributed by atoms with E-state index in [9.17, 15) is 22.8 Å². The number of carbonyl (C=O) groups is 2. The first-order chi connectivity index (χ1) is 14.6. The number of hydrogen-bond acceptors (Lipinski definition) is 4. The molecule has 0 bridgehead atoms. The second kappa shape index (κ2) is 9.13. The van der Waals surface area contributed by atoms with Gasteiger partial charge in [-0.05, 0) is 55.0 Å². The predicted octanol–water partition coefficient (Wildman–Crippen LogP) is 5.56. The summed E-state index contributed by atoms with van der Waals surface area (Å²) in [5.74, 6) is -1.30. The Hall–Kier alpha value is -3.46. The zero-order valence-electron chi connectivity index (χ0n) is 16.1. The van der Waals surface area contributed by atoms with Gasteiger partial charge in [0.05, 0.1) is 29.1 Å². The SMILES string of the molecule is Cc1ccc(NC(=O)CNc2ccc(NC(=O)c3ccco3)cc2C(F)(F)F)c(Cl)c1. The van der Waals surface area contributed by atoms with Crippen LogP contribution in [-0.2, 0) is 11.0 Å². The Morgan fingerprint density at radius 1 is 1.03 bits per heavy atom. The summed E-state index contributed by atoms with van der Waals surface area (Å²) >= 11 is 6.05. The topological polar surface area (TPSA) is 83.4 Å². The van der Waals surface area contributed by atoms with Crippen LogP contribution in [0.4, 0.5) is 30.2 Å². The van der Waals surface area contributed by atoms with Crippen molar-refractivity contribution in [2.45, 2.75) is 13.1 Å². The molecule has 31 heavy (non-hydrogen) atoms. The highest BCUT2D eigenvalue weighted by Crippen LogP contribution is 2.36. The number of hydrogen-bond donors (Lipinski definition) is 3. The molecule has 0 radical (unpaired) electrons. The first kappa shape index (κ1) is 22.2. The molecule has 10 heteroatoms. The van der Waals surface area contributed by atoms with Crippen molar-refractivity contribution in [3.8, 4) is 0 Å². The summed E-state index contributed by atoms with van der Waals surface area (Å²) in [5, 5.41) is 7.67. The van der Waals surface area contributed by atoms with Crippen LogP contribution in [-0.4, -0.2) is 18.4 Å². The van der Waals surface area contributed by atoms with Crippen LogP contribution in [0.5, 0.6) is 0 Å². The summed E-state index contributed by atoms with van der Waals surface area (Å²) < 4.78 is 45.5. The monoisotopic (exact) mass is 451 g/mol. The minimum Gasteiger partial charge on any atom is -0.459 e. The largest absolute Gasteiger partial charge is 0.459 e. The third kappa shape index (κ3) is 5.79. The number of nitrogens with one attached hydrogen (secondary N) is 3. The number of furan rings is 1. The number of alkyl halides is 3. The molecule has 0 saturated carbocycles. The number of amides is 2. The van der Waals surface area contributed by atoms with Crippen LogP contribution in [0.25, 0.3) is 0 Å². The predicted molar refractivity (Wildman–Crippen MR) is 111 cm³/mol. The van der Waals surface area contributed by atoms with Crippen molar-refractivity contribution in [1.82, 2.24) is 0 Å². The first-order valence-electron chi connectivity index (χ1n) is 8.99. The van der Waals surface area contributed by atoms with Gasteiger partial charge in [-0.1, -0.05) is 17.7 Å². The normalized spacial score (nSPS) is 11.1. The van der Waals surface area contributed by atoms with Crippen molar-refractivity contribution in [3.63, 3.8) is 0 Å². The lowest BCUT2D eigenvalue weighted by Gasteiger charge is -2.16. The minimum atomic E-state index is -4.72. The Kier molecular flexibility index (Phi) is 6.55. The van der Waals surface area contributed by atoms with E-state index in [1.165, 1.54) is 24.5 Å². The molecule has 0 atom stereocenters. The molecule has 0 saturated heterocycles. The van der Waals surface area contributed by atoms with Gasteiger partial charge in [0, 0.05) is 11.4 Å². The van der Waals surface area contributed by atoms with Gasteiger partial charge in [0.1, 0.15) is 0 Å². The van der Waals surface area contributed by atoms with E-state index < -0.39 is 30.1 Å². The molecule has 3 N–H and O–H groups in total. The van der Waals surface area contributed by atoms with E-state index in [1.807, 2.05) is 6.92 Å². The zero-order valence-corrected chi connectivity index (χ0v) is 16.9. The number of carbonyl (C=O) groups excluding carboxylic acids is 2. The Morgan fingerprint density at radius 2 is 1.77 bits per heavy atom. The summed E-state index contributed by atoms with van der Waals surface area (Å²) in [6.45, 7) is 1.41. The molecule has 0 unspecified atom stereocenters. The van der Waals surface area contributed by atoms with Crippen LogP contribution in [0.2, 0.25) is 5.02 Å². The van der Waals surface area contributed by atoms with E-state index >= 15 is 0 Å². The van der Waals surface area contributed by atoms with Crippen LogP contribution >= 0.6 is 11.6 Å². The second-order valence-electron chi connectivity index (χ2n) is 6.57. The van der Waals surface area contributed by atoms with Gasteiger partial charge in [0.2, 0.25) is 5.91 Å². The lowest BCUT2D eigenvalue weighted by molar-refractivity contribution is -0.137. The third-order valence-corrected chi connectivity index (χ3v) is 4.48. The van der Waals surface area contributed by atoms with E-state index in [1.54, 1.807) is 18.2 Å². The molecule has 0 aliphatic heterocycles. The van der Waals surface area contributed by atoms with E-state index in [-0.39, 0.29) is 17.1 Å². The van der Waals surface area contributed by atoms with Crippen molar-refractivity contribution < 1.29 is 27.2 Å². The molecule has 1 aromatic heterocycles. The van der Waals surface area contributed by atoms with Crippen LogP contribution in [0.1, 0.15) is 21.7 Å². The van der Waals surface area contributed by atoms with E-state index in [0.29, 0.717) is 10.7 Å². The maximum atomic E-state index is 13.5. The third-order valence-electron chi connectivity index (χ3n) is 4.17. The minimum absolute atomic E-state index is 0.0396. The molecule has 0 fully saturated rings. The standard InChI is InChI=1S/C21H17ClF3N3O3/c1-12-4-6-17(15(22)9-12)28-19(29)11-26-16-7-5-13(10-14(16)21(23,24)25)27-20(30)18-3-2-8-31-18/h2-10,26H,11H2,1H3,(H,27,30)(H,28,29). The van der Waals surface area contributed by atoms with Gasteiger partial charge in [0.25, 0.3) is 5.91 Å². The van der Waals surface area contributed by atoms with E-state index in [0.717, 1.165) is 17.7 Å². The molecular formula is C21H17ClF3N3O3. The van der Waals surface area contributed by atoms with Gasteiger partial charge in [-0.25, -0.2) is 0 Å². The van der Waals surface area contributed by atoms with Gasteiger partial charge >= 0.3 is 6.18 Å². The number of halogens is 4. The Bertz CT molecular complexity index is 1100. The molecule has 2 amide bonds. The molecule has 1 heterocycles. The fourth-order valence-electron chi connectivity index (χ4n) is 2.70. The summed E-state index contributed by atoms with van der Waals surface area (Å²) in [7, 11) is 0. The van der Waals surface area contributed by atoms with Crippen LogP contribution < -0.4 is 16.0 Å². The van der Waals surface area contributed by atoms with Gasteiger partial charge in [-0.15, -0.1) is 0 Å². The van der Waals surface area contributed by atoms with Gasteiger partial charge in [-0.2, -0.15) is 13.2 Å². The molecule has 3 aromatic rings. The number of rotatable bonds is 6. The van der Waals surface area contributed by atoms with Crippen molar-refractivity contribution in [2.75, 3.05) is 22.5 Å². The highest BCUT2D eigenvalue weighted by atomic mass is 35.5. The van der Waals surface area contributed by atoms with Crippen molar-refractivity contribution in [3.05, 3.63) is 76.7 Å². The maximum Gasteiger partial charge on any atom is 0.418 e. The van der Waals surface area contributed by atoms with Crippen molar-refractivity contribution in [1.29, 1.82) is 0 Å². The number of anilines is 3. The summed E-state index contributed by atoms with van der Waals surface area (Å²) in [6.07, 6.45) is -3.44. The molecule has 162 valence electrons. The van der Waals surface area contributed by atoms with Gasteiger partial charge < -0.3 is 20.4 Å². The number of aryl methyl sites for hydroxylation is 1. The van der Waals surface area contributed by atoms with Crippen LogP contribution in [0.15, 0.2) is 59.2 Å². The molecular weight excluding hydrogens is 435 g/mol. The Morgan fingerprint density at radius 3 is 2.42 bits per heavy atom. The first-order valence-corrected chi connectivity index (χ1v) is 9.37. The summed E-state index contributed by atoms with van der Waals surface area (Å²) in [5.41, 5.74) is -0.170. The molecule has 0 aliphatic rings. The van der Waals surface area contributed by atoms with Gasteiger partial charge in [0.15, 0.2) is 5.76 Å². The Balaban J connectivity index is 1.71. The fraction of sp³-hybridized carbons (Fsp3) is 0.143. The second-order valence-corrected chi connectivity index (χ2v) is 6.98. The number of benzene rings is 2. The highest BCUT2D eigenvalue weighted by molar-refractivity contribution is 6.33. The highest BCUT2D eigenvalue weighted by Gasteiger charge is 2.34. The molecule has 0 spiro atoms. The lowest BCUT2D eigenvalue weighted by atomic mass is 10.1. The lowest BCUT2D eigenvalue weighted by Crippen LogP contribution is -2.23. The average Bonchev–Trinajstić information content (AvgIpc) is 3.23. The van der Waals surface area contributed by atoms with Crippen LogP contribution in [0, 0.1) is 6.92 Å². The van der Waals surface area contributed by atoms with E-state index in [2.05, 4.69) is 16.0 Å². The summed E-state index contributed by atoms with van der Waals surface area (Å²) in [4.78, 5) is 24.1. The molecule has 6 nitrogen and oxygen atoms in total. The Labute approximate surface area is 180 Å². The van der Waals surface area contributed by atoms with Crippen LogP contribution in [0.3, 0.4) is 0 Å².